The van der Waals surface area contributed by atoms with E-state index in [-0.39, 0.29) is 5.91 Å². The zero-order valence-electron chi connectivity index (χ0n) is 10.7. The van der Waals surface area contributed by atoms with Gasteiger partial charge in [0.15, 0.2) is 12.0 Å². The molecule has 4 nitrogen and oxygen atoms in total. The first kappa shape index (κ1) is 11.3. The summed E-state index contributed by atoms with van der Waals surface area (Å²) in [5.41, 5.74) is 3.26. The van der Waals surface area contributed by atoms with E-state index in [1.807, 2.05) is 26.0 Å². The molecule has 1 fully saturated rings. The first-order valence-electron chi connectivity index (χ1n) is 6.36. The quantitative estimate of drug-likeness (QED) is 0.828. The van der Waals surface area contributed by atoms with Gasteiger partial charge in [-0.15, -0.1) is 0 Å². The van der Waals surface area contributed by atoms with Crippen molar-refractivity contribution in [2.24, 2.45) is 4.99 Å². The van der Waals surface area contributed by atoms with Crippen LogP contribution in [-0.2, 0) is 4.79 Å². The maximum Gasteiger partial charge on any atom is 0.256 e. The predicted octanol–water partition coefficient (Wildman–Crippen LogP) is 1.58. The van der Waals surface area contributed by atoms with Gasteiger partial charge in [-0.3, -0.25) is 10.1 Å². The maximum absolute atomic E-state index is 12.0. The number of rotatable bonds is 2. The van der Waals surface area contributed by atoms with Crippen LogP contribution in [0.25, 0.3) is 0 Å². The average molecular weight is 243 g/mol. The summed E-state index contributed by atoms with van der Waals surface area (Å²) in [6.07, 6.45) is 2.34. The van der Waals surface area contributed by atoms with Crippen LogP contribution in [-0.4, -0.2) is 17.9 Å². The number of hydrogen-bond acceptors (Lipinski definition) is 3. The molecule has 0 aromatic heterocycles. The summed E-state index contributed by atoms with van der Waals surface area (Å²) in [5, 5.41) is 6.06. The third kappa shape index (κ3) is 2.10. The Morgan fingerprint density at radius 2 is 2.11 bits per heavy atom. The van der Waals surface area contributed by atoms with Gasteiger partial charge in [0.2, 0.25) is 0 Å². The number of hydrogen-bond donors (Lipinski definition) is 2. The lowest BCUT2D eigenvalue weighted by atomic mass is 9.99. The number of guanidine groups is 1. The van der Waals surface area contributed by atoms with Crippen LogP contribution in [0.4, 0.5) is 0 Å². The Morgan fingerprint density at radius 1 is 1.33 bits per heavy atom. The Labute approximate surface area is 106 Å². The molecule has 1 aliphatic carbocycles. The van der Waals surface area contributed by atoms with Crippen molar-refractivity contribution in [3.63, 3.8) is 0 Å². The molecular formula is C14H17N3O. The molecule has 1 aliphatic heterocycles. The summed E-state index contributed by atoms with van der Waals surface area (Å²) in [7, 11) is 0. The third-order valence-electron chi connectivity index (χ3n) is 3.40. The number of nitrogens with one attached hydrogen (secondary N) is 2. The number of aryl methyl sites for hydroxylation is 2. The van der Waals surface area contributed by atoms with Crippen LogP contribution in [0.5, 0.6) is 0 Å². The second-order valence-electron chi connectivity index (χ2n) is 5.15. The number of nitrogens with zero attached hydrogens (tertiary/aromatic N) is 1. The van der Waals surface area contributed by atoms with Crippen LogP contribution >= 0.6 is 0 Å². The van der Waals surface area contributed by atoms with Crippen LogP contribution in [0.1, 0.15) is 35.6 Å². The van der Waals surface area contributed by atoms with Gasteiger partial charge in [0.25, 0.3) is 5.91 Å². The molecular weight excluding hydrogens is 226 g/mol. The van der Waals surface area contributed by atoms with Crippen LogP contribution < -0.4 is 10.6 Å². The molecule has 4 heteroatoms. The number of carbonyl (C=O) groups is 1. The van der Waals surface area contributed by atoms with E-state index in [1.165, 1.54) is 12.8 Å². The molecule has 0 radical (unpaired) electrons. The zero-order valence-corrected chi connectivity index (χ0v) is 10.7. The van der Waals surface area contributed by atoms with Crippen molar-refractivity contribution in [3.05, 3.63) is 34.9 Å². The lowest BCUT2D eigenvalue weighted by Crippen LogP contribution is -2.37. The van der Waals surface area contributed by atoms with Gasteiger partial charge in [0, 0.05) is 6.04 Å². The lowest BCUT2D eigenvalue weighted by molar-refractivity contribution is -0.120. The van der Waals surface area contributed by atoms with Crippen molar-refractivity contribution in [1.29, 1.82) is 0 Å². The van der Waals surface area contributed by atoms with Crippen molar-refractivity contribution in [3.8, 4) is 0 Å². The minimum atomic E-state index is -0.397. The fraction of sp³-hybridized carbons (Fsp3) is 0.429. The van der Waals surface area contributed by atoms with Gasteiger partial charge < -0.3 is 5.32 Å². The molecule has 1 saturated carbocycles. The summed E-state index contributed by atoms with van der Waals surface area (Å²) in [5.74, 6) is 0.597. The van der Waals surface area contributed by atoms with E-state index >= 15 is 0 Å². The Morgan fingerprint density at radius 3 is 2.83 bits per heavy atom. The standard InChI is InChI=1S/C14H17N3O/c1-8-3-4-9(2)11(7-8)12-13(18)17-14(16-12)15-10-5-6-10/h3-4,7,10,12H,5-6H2,1-2H3,(H2,15,16,17,18). The summed E-state index contributed by atoms with van der Waals surface area (Å²) in [6, 6.07) is 6.24. The summed E-state index contributed by atoms with van der Waals surface area (Å²) >= 11 is 0. The number of amides is 1. The molecule has 1 aromatic rings. The molecule has 2 N–H and O–H groups in total. The first-order chi connectivity index (χ1) is 8.63. The van der Waals surface area contributed by atoms with Crippen LogP contribution in [0.3, 0.4) is 0 Å². The van der Waals surface area contributed by atoms with Gasteiger partial charge >= 0.3 is 0 Å². The molecule has 0 spiro atoms. The Hall–Kier alpha value is -1.84. The third-order valence-corrected chi connectivity index (χ3v) is 3.40. The van der Waals surface area contributed by atoms with Gasteiger partial charge in [0.1, 0.15) is 0 Å². The molecule has 2 aliphatic rings. The van der Waals surface area contributed by atoms with Crippen molar-refractivity contribution in [2.75, 3.05) is 0 Å². The first-order valence-corrected chi connectivity index (χ1v) is 6.36. The zero-order chi connectivity index (χ0) is 12.7. The lowest BCUT2D eigenvalue weighted by Gasteiger charge is -2.09. The van der Waals surface area contributed by atoms with E-state index in [0.29, 0.717) is 12.0 Å². The largest absolute Gasteiger partial charge is 0.353 e. The highest BCUT2D eigenvalue weighted by molar-refractivity contribution is 6.05. The van der Waals surface area contributed by atoms with Gasteiger partial charge in [-0.2, -0.15) is 0 Å². The second kappa shape index (κ2) is 4.12. The van der Waals surface area contributed by atoms with E-state index in [2.05, 4.69) is 21.7 Å². The molecule has 1 unspecified atom stereocenters. The van der Waals surface area contributed by atoms with Crippen molar-refractivity contribution in [2.45, 2.75) is 38.8 Å². The second-order valence-corrected chi connectivity index (χ2v) is 5.15. The SMILES string of the molecule is Cc1ccc(C)c(C2N=C(NC3CC3)NC2=O)c1. The van der Waals surface area contributed by atoms with Crippen molar-refractivity contribution >= 4 is 11.9 Å². The van der Waals surface area contributed by atoms with Gasteiger partial charge in [0.05, 0.1) is 0 Å². The summed E-state index contributed by atoms with van der Waals surface area (Å²) in [4.78, 5) is 16.5. The smallest absolute Gasteiger partial charge is 0.256 e. The van der Waals surface area contributed by atoms with E-state index in [4.69, 9.17) is 0 Å². The molecule has 1 atom stereocenters. The fourth-order valence-corrected chi connectivity index (χ4v) is 2.16. The minimum Gasteiger partial charge on any atom is -0.353 e. The number of carbonyl (C=O) groups excluding carboxylic acids is 1. The van der Waals surface area contributed by atoms with E-state index in [0.717, 1.165) is 16.7 Å². The molecule has 18 heavy (non-hydrogen) atoms. The molecule has 0 bridgehead atoms. The van der Waals surface area contributed by atoms with Gasteiger partial charge in [-0.1, -0.05) is 23.8 Å². The predicted molar refractivity (Wildman–Crippen MR) is 70.4 cm³/mol. The highest BCUT2D eigenvalue weighted by Gasteiger charge is 2.31. The van der Waals surface area contributed by atoms with Crippen LogP contribution in [0.2, 0.25) is 0 Å². The van der Waals surface area contributed by atoms with Gasteiger partial charge in [-0.05, 0) is 37.8 Å². The molecule has 3 rings (SSSR count). The monoisotopic (exact) mass is 243 g/mol. The molecule has 94 valence electrons. The van der Waals surface area contributed by atoms with E-state index in [9.17, 15) is 4.79 Å². The number of aliphatic imine (C=N–C) groups is 1. The Kier molecular flexibility index (Phi) is 2.58. The molecule has 1 aromatic carbocycles. The number of benzene rings is 1. The maximum atomic E-state index is 12.0. The van der Waals surface area contributed by atoms with E-state index < -0.39 is 6.04 Å². The molecule has 0 saturated heterocycles. The highest BCUT2D eigenvalue weighted by Crippen LogP contribution is 2.26. The van der Waals surface area contributed by atoms with Crippen molar-refractivity contribution in [1.82, 2.24) is 10.6 Å². The molecule has 1 heterocycles. The van der Waals surface area contributed by atoms with E-state index in [1.54, 1.807) is 0 Å². The fourth-order valence-electron chi connectivity index (χ4n) is 2.16. The summed E-state index contributed by atoms with van der Waals surface area (Å²) in [6.45, 7) is 4.05. The van der Waals surface area contributed by atoms with Crippen LogP contribution in [0.15, 0.2) is 23.2 Å². The average Bonchev–Trinajstić information content (AvgIpc) is 3.06. The topological polar surface area (TPSA) is 53.5 Å². The van der Waals surface area contributed by atoms with Crippen molar-refractivity contribution < 1.29 is 4.79 Å². The minimum absolute atomic E-state index is 0.0353. The molecule has 1 amide bonds. The van der Waals surface area contributed by atoms with Crippen LogP contribution in [0, 0.1) is 13.8 Å². The normalized spacial score (nSPS) is 22.7. The van der Waals surface area contributed by atoms with Gasteiger partial charge in [-0.25, -0.2) is 4.99 Å². The summed E-state index contributed by atoms with van der Waals surface area (Å²) < 4.78 is 0. The Bertz CT molecular complexity index is 532. The Balaban J connectivity index is 1.88. The highest BCUT2D eigenvalue weighted by atomic mass is 16.2.